The maximum absolute atomic E-state index is 13.6. The minimum absolute atomic E-state index is 0.199. The van der Waals surface area contributed by atoms with Crippen molar-refractivity contribution in [1.29, 1.82) is 0 Å². The van der Waals surface area contributed by atoms with Crippen molar-refractivity contribution < 1.29 is 17.2 Å². The second kappa shape index (κ2) is 12.7. The Hall–Kier alpha value is -5.50. The molecule has 14 heteroatoms. The predicted molar refractivity (Wildman–Crippen MR) is 176 cm³/mol. The summed E-state index contributed by atoms with van der Waals surface area (Å²) in [6.45, 7) is 6.57. The smallest absolute Gasteiger partial charge is 0.335 e. The quantitative estimate of drug-likeness (QED) is 0.238. The lowest BCUT2D eigenvalue weighted by Gasteiger charge is -2.07. The van der Waals surface area contributed by atoms with E-state index in [9.17, 15) is 8.78 Å². The maximum Gasteiger partial charge on any atom is 0.335 e. The van der Waals surface area contributed by atoms with Gasteiger partial charge in [-0.2, -0.15) is 18.6 Å². The van der Waals surface area contributed by atoms with Gasteiger partial charge in [-0.1, -0.05) is 6.07 Å². The van der Waals surface area contributed by atoms with Gasteiger partial charge in [-0.3, -0.25) is 0 Å². The minimum atomic E-state index is -0.750. The lowest BCUT2D eigenvalue weighted by Crippen LogP contribution is -2.01. The predicted octanol–water partition coefficient (Wildman–Crippen LogP) is 5.69. The molecule has 11 nitrogen and oxygen atoms in total. The van der Waals surface area contributed by atoms with Crippen molar-refractivity contribution in [3.8, 4) is 11.5 Å². The Morgan fingerprint density at radius 3 is 1.98 bits per heavy atom. The van der Waals surface area contributed by atoms with Gasteiger partial charge >= 0.3 is 11.6 Å². The van der Waals surface area contributed by atoms with E-state index in [0.29, 0.717) is 6.42 Å². The second-order valence-corrected chi connectivity index (χ2v) is 11.2. The average molecular weight is 654 g/mol. The van der Waals surface area contributed by atoms with Gasteiger partial charge in [0.2, 0.25) is 0 Å². The monoisotopic (exact) mass is 653 g/mol. The highest BCUT2D eigenvalue weighted by atomic mass is 32.1. The summed E-state index contributed by atoms with van der Waals surface area (Å²) in [7, 11) is 3.85. The average Bonchev–Trinajstić information content (AvgIpc) is 3.79. The first-order valence-electron chi connectivity index (χ1n) is 14.7. The summed E-state index contributed by atoms with van der Waals surface area (Å²) in [6, 6.07) is 15.6. The molecule has 0 amide bonds. The fraction of sp³-hybridized carbons (Fsp3) is 0.212. The van der Waals surface area contributed by atoms with E-state index in [0.717, 1.165) is 85.2 Å². The van der Waals surface area contributed by atoms with E-state index in [1.54, 1.807) is 18.2 Å². The van der Waals surface area contributed by atoms with E-state index in [1.807, 2.05) is 68.3 Å². The molecule has 0 atom stereocenters. The third kappa shape index (κ3) is 5.94. The molecule has 5 heterocycles. The molecule has 0 spiro atoms. The Labute approximate surface area is 271 Å². The summed E-state index contributed by atoms with van der Waals surface area (Å²) >= 11 is -0.750. The zero-order valence-electron chi connectivity index (χ0n) is 26.2. The van der Waals surface area contributed by atoms with Crippen LogP contribution < -0.4 is 0 Å². The SMILES string of the molecule is CCn1c(-c2nc3cc(C)nnc3n2C)cc2ccc(F)cc21.Cc1cc2nc(C3=Cc4ccc(F)cc4C3)n(C)c2nn1.O=S=O. The topological polar surface area (TPSA) is 126 Å². The summed E-state index contributed by atoms with van der Waals surface area (Å²) in [6.07, 6.45) is 2.76. The van der Waals surface area contributed by atoms with Gasteiger partial charge in [0.15, 0.2) is 17.1 Å². The van der Waals surface area contributed by atoms with E-state index in [4.69, 9.17) is 13.4 Å². The van der Waals surface area contributed by atoms with Crippen molar-refractivity contribution in [1.82, 2.24) is 44.1 Å². The maximum atomic E-state index is 13.6. The molecule has 0 saturated heterocycles. The Kier molecular flexibility index (Phi) is 8.52. The molecule has 0 unspecified atom stereocenters. The van der Waals surface area contributed by atoms with Gasteiger partial charge in [-0.05, 0) is 86.5 Å². The summed E-state index contributed by atoms with van der Waals surface area (Å²) in [5, 5.41) is 17.6. The van der Waals surface area contributed by atoms with Gasteiger partial charge in [-0.15, -0.1) is 10.2 Å². The number of allylic oxidation sites excluding steroid dienone is 1. The number of hydrogen-bond acceptors (Lipinski definition) is 8. The van der Waals surface area contributed by atoms with Gasteiger partial charge in [0.25, 0.3) is 0 Å². The van der Waals surface area contributed by atoms with Crippen molar-refractivity contribution in [2.24, 2.45) is 14.1 Å². The normalized spacial score (nSPS) is 12.0. The van der Waals surface area contributed by atoms with Crippen molar-refractivity contribution in [3.63, 3.8) is 0 Å². The summed E-state index contributed by atoms with van der Waals surface area (Å²) < 4.78 is 49.4. The molecule has 5 aromatic heterocycles. The van der Waals surface area contributed by atoms with Crippen molar-refractivity contribution in [3.05, 3.63) is 94.6 Å². The van der Waals surface area contributed by atoms with Crippen LogP contribution in [-0.4, -0.2) is 52.5 Å². The van der Waals surface area contributed by atoms with Crippen molar-refractivity contribution in [2.75, 3.05) is 0 Å². The molecule has 1 aliphatic carbocycles. The summed E-state index contributed by atoms with van der Waals surface area (Å²) in [5.41, 5.74) is 9.79. The van der Waals surface area contributed by atoms with Crippen LogP contribution in [0.25, 0.3) is 56.4 Å². The third-order valence-corrected chi connectivity index (χ3v) is 7.99. The van der Waals surface area contributed by atoms with Crippen LogP contribution in [0, 0.1) is 25.5 Å². The fourth-order valence-corrected chi connectivity index (χ4v) is 5.88. The first-order valence-corrected chi connectivity index (χ1v) is 15.3. The van der Waals surface area contributed by atoms with Gasteiger partial charge in [-0.25, -0.2) is 18.7 Å². The Morgan fingerprint density at radius 1 is 0.766 bits per heavy atom. The molecule has 0 fully saturated rings. The number of hydrogen-bond donors (Lipinski definition) is 0. The minimum Gasteiger partial charge on any atom is -0.338 e. The largest absolute Gasteiger partial charge is 0.338 e. The summed E-state index contributed by atoms with van der Waals surface area (Å²) in [5.74, 6) is 1.23. The third-order valence-electron chi connectivity index (χ3n) is 7.99. The number of aryl methyl sites for hydroxylation is 5. The van der Waals surface area contributed by atoms with Crippen LogP contribution in [0.3, 0.4) is 0 Å². The van der Waals surface area contributed by atoms with E-state index in [1.165, 1.54) is 12.1 Å². The van der Waals surface area contributed by atoms with Crippen molar-refractivity contribution >= 4 is 56.5 Å². The van der Waals surface area contributed by atoms with Crippen LogP contribution >= 0.6 is 0 Å². The highest BCUT2D eigenvalue weighted by Crippen LogP contribution is 2.33. The molecule has 1 aliphatic rings. The van der Waals surface area contributed by atoms with Crippen LogP contribution in [0.15, 0.2) is 54.6 Å². The molecule has 7 aromatic rings. The number of benzene rings is 2. The van der Waals surface area contributed by atoms with Crippen LogP contribution in [0.4, 0.5) is 8.78 Å². The Bertz CT molecular complexity index is 2390. The molecule has 0 radical (unpaired) electrons. The van der Waals surface area contributed by atoms with Crippen LogP contribution in [-0.2, 0) is 38.6 Å². The lowest BCUT2D eigenvalue weighted by molar-refractivity contribution is 0.626. The molecule has 0 saturated carbocycles. The number of fused-ring (bicyclic) bond motifs is 4. The number of aromatic nitrogens is 9. The zero-order valence-corrected chi connectivity index (χ0v) is 27.0. The molecule has 8 rings (SSSR count). The van der Waals surface area contributed by atoms with Gasteiger partial charge in [0, 0.05) is 38.0 Å². The van der Waals surface area contributed by atoms with E-state index < -0.39 is 11.6 Å². The molecule has 238 valence electrons. The standard InChI is InChI=1S/C17H16FN5.C16H13FN4.O2S/c1-4-23-14-9-12(18)6-5-11(14)8-15(23)17-19-13-7-10(2)20-21-16(13)22(17)3;1-9-5-14-16(20-19-9)21(2)15(18-14)12-6-10-3-4-13(17)8-11(10)7-12;1-3-2/h5-9H,4H2,1-3H3;3-6,8H,7H2,1-2H3;. The fourth-order valence-electron chi connectivity index (χ4n) is 5.88. The van der Waals surface area contributed by atoms with Gasteiger partial charge < -0.3 is 13.7 Å². The van der Waals surface area contributed by atoms with Crippen molar-refractivity contribution in [2.45, 2.75) is 33.7 Å². The molecule has 0 aliphatic heterocycles. The molecule has 0 bridgehead atoms. The first kappa shape index (κ1) is 31.5. The van der Waals surface area contributed by atoms with Gasteiger partial charge in [0.05, 0.1) is 22.6 Å². The molecule has 47 heavy (non-hydrogen) atoms. The highest BCUT2D eigenvalue weighted by Gasteiger charge is 2.20. The zero-order chi connectivity index (χ0) is 33.4. The lowest BCUT2D eigenvalue weighted by atomic mass is 10.1. The Balaban J connectivity index is 0.000000152. The second-order valence-electron chi connectivity index (χ2n) is 11.1. The summed E-state index contributed by atoms with van der Waals surface area (Å²) in [4.78, 5) is 9.37. The first-order chi connectivity index (χ1) is 22.6. The van der Waals surface area contributed by atoms with Crippen LogP contribution in [0.2, 0.25) is 0 Å². The van der Waals surface area contributed by atoms with E-state index in [-0.39, 0.29) is 11.6 Å². The van der Waals surface area contributed by atoms with Gasteiger partial charge in [0.1, 0.15) is 28.5 Å². The number of halogens is 2. The molecule has 0 N–H and O–H groups in total. The Morgan fingerprint density at radius 2 is 1.34 bits per heavy atom. The molecular formula is C33H29F2N9O2S. The number of imidazole rings is 2. The van der Waals surface area contributed by atoms with Crippen LogP contribution in [0.5, 0.6) is 0 Å². The molecular weight excluding hydrogens is 624 g/mol. The number of rotatable bonds is 3. The number of nitrogens with zero attached hydrogens (tertiary/aromatic N) is 9. The van der Waals surface area contributed by atoms with E-state index in [2.05, 4.69) is 36.0 Å². The van der Waals surface area contributed by atoms with E-state index >= 15 is 0 Å². The van der Waals surface area contributed by atoms with Crippen LogP contribution in [0.1, 0.15) is 35.3 Å². The molecule has 2 aromatic carbocycles. The highest BCUT2D eigenvalue weighted by molar-refractivity contribution is 7.51.